The van der Waals surface area contributed by atoms with E-state index in [9.17, 15) is 4.79 Å². The third-order valence-electron chi connectivity index (χ3n) is 5.83. The normalized spacial score (nSPS) is 13.8. The van der Waals surface area contributed by atoms with Gasteiger partial charge in [0.2, 0.25) is 6.79 Å². The average Bonchev–Trinajstić information content (AvgIpc) is 3.31. The number of esters is 1. The molecule has 3 aromatic carbocycles. The van der Waals surface area contributed by atoms with Gasteiger partial charge in [-0.05, 0) is 65.9 Å². The molecule has 32 heavy (non-hydrogen) atoms. The first kappa shape index (κ1) is 21.6. The van der Waals surface area contributed by atoms with Crippen LogP contribution >= 0.6 is 0 Å². The summed E-state index contributed by atoms with van der Waals surface area (Å²) in [4.78, 5) is 13.4. The maximum absolute atomic E-state index is 13.4. The van der Waals surface area contributed by atoms with Gasteiger partial charge in [0.15, 0.2) is 11.5 Å². The van der Waals surface area contributed by atoms with Gasteiger partial charge in [0, 0.05) is 0 Å². The Bertz CT molecular complexity index is 1070. The summed E-state index contributed by atoms with van der Waals surface area (Å²) in [5.74, 6) is 2.56. The van der Waals surface area contributed by atoms with Gasteiger partial charge < -0.3 is 23.7 Å². The van der Waals surface area contributed by atoms with Gasteiger partial charge in [0.05, 0.1) is 21.3 Å². The van der Waals surface area contributed by atoms with Gasteiger partial charge in [-0.3, -0.25) is 4.79 Å². The number of methoxy groups -OCH3 is 3. The molecule has 1 aliphatic rings. The number of hydrogen-bond acceptors (Lipinski definition) is 6. The lowest BCUT2D eigenvalue weighted by atomic mass is 9.71. The molecule has 0 aromatic heterocycles. The van der Waals surface area contributed by atoms with Crippen molar-refractivity contribution in [3.8, 4) is 23.0 Å². The Morgan fingerprint density at radius 3 is 1.97 bits per heavy atom. The van der Waals surface area contributed by atoms with Crippen LogP contribution in [0.4, 0.5) is 0 Å². The monoisotopic (exact) mass is 434 g/mol. The van der Waals surface area contributed by atoms with Crippen LogP contribution in [-0.2, 0) is 27.8 Å². The maximum atomic E-state index is 13.4. The highest BCUT2D eigenvalue weighted by atomic mass is 16.7. The van der Waals surface area contributed by atoms with Crippen LogP contribution < -0.4 is 18.9 Å². The summed E-state index contributed by atoms with van der Waals surface area (Å²) in [6, 6.07) is 21.1. The van der Waals surface area contributed by atoms with E-state index in [0.717, 1.165) is 28.2 Å². The van der Waals surface area contributed by atoms with E-state index >= 15 is 0 Å². The number of carbonyl (C=O) groups excluding carboxylic acids is 1. The number of rotatable bonds is 8. The Hall–Kier alpha value is -3.67. The lowest BCUT2D eigenvalue weighted by Crippen LogP contribution is -2.41. The number of hydrogen-bond donors (Lipinski definition) is 0. The van der Waals surface area contributed by atoms with Crippen LogP contribution in [0, 0.1) is 0 Å². The summed E-state index contributed by atoms with van der Waals surface area (Å²) in [6.07, 6.45) is 0.874. The molecule has 1 atom stereocenters. The molecule has 0 radical (unpaired) electrons. The van der Waals surface area contributed by atoms with Crippen molar-refractivity contribution in [3.05, 3.63) is 83.4 Å². The Morgan fingerprint density at radius 1 is 0.781 bits per heavy atom. The number of ether oxygens (including phenoxy) is 5. The van der Waals surface area contributed by atoms with Gasteiger partial charge in [0.25, 0.3) is 0 Å². The zero-order valence-corrected chi connectivity index (χ0v) is 18.4. The van der Waals surface area contributed by atoms with E-state index in [1.165, 1.54) is 7.11 Å². The number of benzene rings is 3. The van der Waals surface area contributed by atoms with Crippen LogP contribution in [0.25, 0.3) is 0 Å². The molecule has 0 spiro atoms. The first-order chi connectivity index (χ1) is 15.6. The molecule has 1 heterocycles. The molecule has 3 aromatic rings. The van der Waals surface area contributed by atoms with Crippen molar-refractivity contribution in [2.45, 2.75) is 18.3 Å². The third-order valence-corrected chi connectivity index (χ3v) is 5.83. The van der Waals surface area contributed by atoms with E-state index in [2.05, 4.69) is 0 Å². The molecule has 6 heteroatoms. The second-order valence-corrected chi connectivity index (χ2v) is 7.69. The minimum Gasteiger partial charge on any atom is -0.497 e. The Morgan fingerprint density at radius 2 is 1.34 bits per heavy atom. The van der Waals surface area contributed by atoms with E-state index in [-0.39, 0.29) is 12.8 Å². The van der Waals surface area contributed by atoms with Crippen molar-refractivity contribution in [2.75, 3.05) is 28.1 Å². The summed E-state index contributed by atoms with van der Waals surface area (Å²) in [5, 5.41) is 0. The predicted molar refractivity (Wildman–Crippen MR) is 120 cm³/mol. The van der Waals surface area contributed by atoms with Crippen LogP contribution in [0.1, 0.15) is 16.7 Å². The summed E-state index contributed by atoms with van der Waals surface area (Å²) in [5.41, 5.74) is 1.83. The summed E-state index contributed by atoms with van der Waals surface area (Å²) in [6.45, 7) is 0.200. The van der Waals surface area contributed by atoms with Gasteiger partial charge in [-0.2, -0.15) is 0 Å². The lowest BCUT2D eigenvalue weighted by molar-refractivity contribution is -0.147. The van der Waals surface area contributed by atoms with Gasteiger partial charge in [-0.15, -0.1) is 0 Å². The molecule has 0 aliphatic carbocycles. The molecular weight excluding hydrogens is 408 g/mol. The average molecular weight is 434 g/mol. The van der Waals surface area contributed by atoms with E-state index < -0.39 is 5.41 Å². The minimum absolute atomic E-state index is 0.200. The highest BCUT2D eigenvalue weighted by molar-refractivity contribution is 5.84. The van der Waals surface area contributed by atoms with Crippen LogP contribution in [0.15, 0.2) is 66.7 Å². The van der Waals surface area contributed by atoms with E-state index in [4.69, 9.17) is 23.7 Å². The molecular formula is C26H26O6. The first-order valence-corrected chi connectivity index (χ1v) is 10.3. The molecule has 4 rings (SSSR count). The van der Waals surface area contributed by atoms with E-state index in [1.807, 2.05) is 66.7 Å². The quantitative estimate of drug-likeness (QED) is 0.492. The highest BCUT2D eigenvalue weighted by Crippen LogP contribution is 2.39. The van der Waals surface area contributed by atoms with Gasteiger partial charge in [0.1, 0.15) is 16.9 Å². The third kappa shape index (κ3) is 4.21. The van der Waals surface area contributed by atoms with Crippen LogP contribution in [-0.4, -0.2) is 34.1 Å². The van der Waals surface area contributed by atoms with E-state index in [0.29, 0.717) is 24.3 Å². The molecule has 0 N–H and O–H groups in total. The molecule has 166 valence electrons. The second-order valence-electron chi connectivity index (χ2n) is 7.69. The molecule has 0 bridgehead atoms. The van der Waals surface area contributed by atoms with Gasteiger partial charge in [-0.1, -0.05) is 30.3 Å². The van der Waals surface area contributed by atoms with Crippen LogP contribution in [0.3, 0.4) is 0 Å². The second kappa shape index (κ2) is 9.22. The van der Waals surface area contributed by atoms with Crippen molar-refractivity contribution in [1.29, 1.82) is 0 Å². The molecule has 6 nitrogen and oxygen atoms in total. The van der Waals surface area contributed by atoms with Crippen molar-refractivity contribution >= 4 is 5.97 Å². The fourth-order valence-electron chi connectivity index (χ4n) is 4.13. The van der Waals surface area contributed by atoms with Crippen molar-refractivity contribution in [3.63, 3.8) is 0 Å². The van der Waals surface area contributed by atoms with Gasteiger partial charge in [-0.25, -0.2) is 0 Å². The lowest BCUT2D eigenvalue weighted by Gasteiger charge is -2.32. The summed E-state index contributed by atoms with van der Waals surface area (Å²) >= 11 is 0. The molecule has 1 unspecified atom stereocenters. The first-order valence-electron chi connectivity index (χ1n) is 10.3. The number of fused-ring (bicyclic) bond motifs is 1. The molecule has 0 saturated heterocycles. The summed E-state index contributed by atoms with van der Waals surface area (Å²) in [7, 11) is 4.67. The highest BCUT2D eigenvalue weighted by Gasteiger charge is 2.42. The standard InChI is InChI=1S/C26H26O6/c1-28-21-9-4-18(5-10-21)15-26(25(27)30-3,20-7-11-22(29-2)12-8-20)16-19-6-13-23-24(14-19)32-17-31-23/h4-14H,15-17H2,1-3H3. The largest absolute Gasteiger partial charge is 0.497 e. The van der Waals surface area contributed by atoms with Crippen LogP contribution in [0.2, 0.25) is 0 Å². The molecule has 0 amide bonds. The zero-order chi connectivity index (χ0) is 22.6. The Labute approximate surface area is 187 Å². The predicted octanol–water partition coefficient (Wildman–Crippen LogP) is 4.33. The van der Waals surface area contributed by atoms with Crippen molar-refractivity contribution in [2.24, 2.45) is 0 Å². The van der Waals surface area contributed by atoms with Crippen molar-refractivity contribution < 1.29 is 28.5 Å². The Kier molecular flexibility index (Phi) is 6.21. The zero-order valence-electron chi connectivity index (χ0n) is 18.4. The summed E-state index contributed by atoms with van der Waals surface area (Å²) < 4.78 is 27.0. The fourth-order valence-corrected chi connectivity index (χ4v) is 4.13. The maximum Gasteiger partial charge on any atom is 0.316 e. The molecule has 1 aliphatic heterocycles. The van der Waals surface area contributed by atoms with Crippen molar-refractivity contribution in [1.82, 2.24) is 0 Å². The molecule has 0 fully saturated rings. The molecule has 0 saturated carbocycles. The minimum atomic E-state index is -0.955. The van der Waals surface area contributed by atoms with Gasteiger partial charge >= 0.3 is 5.97 Å². The van der Waals surface area contributed by atoms with Crippen LogP contribution in [0.5, 0.6) is 23.0 Å². The smallest absolute Gasteiger partial charge is 0.316 e. The Balaban J connectivity index is 1.79. The van der Waals surface area contributed by atoms with E-state index in [1.54, 1.807) is 14.2 Å². The number of carbonyl (C=O) groups is 1. The topological polar surface area (TPSA) is 63.2 Å². The fraction of sp³-hybridized carbons (Fsp3) is 0.269. The SMILES string of the molecule is COC(=O)C(Cc1ccc(OC)cc1)(Cc1ccc2c(c1)OCO2)c1ccc(OC)cc1.